The zero-order valence-electron chi connectivity index (χ0n) is 15.0. The van der Waals surface area contributed by atoms with Gasteiger partial charge >= 0.3 is 0 Å². The van der Waals surface area contributed by atoms with Gasteiger partial charge in [-0.1, -0.05) is 25.1 Å². The maximum absolute atomic E-state index is 9.40. The van der Waals surface area contributed by atoms with Crippen LogP contribution in [0.25, 0.3) is 0 Å². The lowest BCUT2D eigenvalue weighted by molar-refractivity contribution is 0.143. The molecule has 1 aromatic carbocycles. The van der Waals surface area contributed by atoms with Crippen LogP contribution in [0.1, 0.15) is 37.4 Å². The van der Waals surface area contributed by atoms with E-state index in [4.69, 9.17) is 4.74 Å². The second-order valence-corrected chi connectivity index (χ2v) is 7.02. The number of aliphatic hydroxyl groups excluding tert-OH is 1. The van der Waals surface area contributed by atoms with E-state index < -0.39 is 0 Å². The van der Waals surface area contributed by atoms with E-state index in [0.717, 1.165) is 30.5 Å². The van der Waals surface area contributed by atoms with E-state index in [0.29, 0.717) is 12.6 Å². The molecule has 4 nitrogen and oxygen atoms in total. The van der Waals surface area contributed by atoms with Crippen LogP contribution in [0, 0.1) is 5.92 Å². The molecule has 0 bridgehead atoms. The van der Waals surface area contributed by atoms with Gasteiger partial charge in [0.1, 0.15) is 12.4 Å². The number of ether oxygens (including phenoxy) is 1. The summed E-state index contributed by atoms with van der Waals surface area (Å²) in [4.78, 5) is 6.69. The zero-order valence-corrected chi connectivity index (χ0v) is 15.0. The molecule has 0 radical (unpaired) electrons. The van der Waals surface area contributed by atoms with Gasteiger partial charge in [0.15, 0.2) is 0 Å². The highest BCUT2D eigenvalue weighted by molar-refractivity contribution is 5.27. The first-order valence-electron chi connectivity index (χ1n) is 9.21. The predicted molar refractivity (Wildman–Crippen MR) is 99.3 cm³/mol. The van der Waals surface area contributed by atoms with Crippen LogP contribution in [0.4, 0.5) is 0 Å². The maximum Gasteiger partial charge on any atom is 0.130 e. The summed E-state index contributed by atoms with van der Waals surface area (Å²) in [6.45, 7) is 4.66. The minimum atomic E-state index is 0.218. The van der Waals surface area contributed by atoms with Gasteiger partial charge in [-0.25, -0.2) is 0 Å². The molecular weight excluding hydrogens is 312 g/mol. The number of hydrogen-bond acceptors (Lipinski definition) is 4. The lowest BCUT2D eigenvalue weighted by Gasteiger charge is -2.28. The highest BCUT2D eigenvalue weighted by atomic mass is 16.5. The molecule has 134 valence electrons. The van der Waals surface area contributed by atoms with E-state index in [2.05, 4.69) is 28.9 Å². The molecule has 0 spiro atoms. The third-order valence-electron chi connectivity index (χ3n) is 4.99. The Labute approximate surface area is 150 Å². The number of aromatic nitrogens is 1. The number of rotatable bonds is 8. The van der Waals surface area contributed by atoms with Crippen molar-refractivity contribution in [2.24, 2.45) is 5.92 Å². The molecule has 0 aliphatic heterocycles. The smallest absolute Gasteiger partial charge is 0.130 e. The molecule has 0 amide bonds. The Morgan fingerprint density at radius 3 is 2.64 bits per heavy atom. The van der Waals surface area contributed by atoms with E-state index in [9.17, 15) is 5.11 Å². The van der Waals surface area contributed by atoms with Gasteiger partial charge in [0.2, 0.25) is 0 Å². The molecule has 2 atom stereocenters. The first kappa shape index (κ1) is 17.9. The van der Waals surface area contributed by atoms with Gasteiger partial charge in [0, 0.05) is 25.3 Å². The molecule has 0 saturated heterocycles. The Balaban J connectivity index is 1.55. The Morgan fingerprint density at radius 1 is 1.16 bits per heavy atom. The lowest BCUT2D eigenvalue weighted by Crippen LogP contribution is -2.35. The summed E-state index contributed by atoms with van der Waals surface area (Å²) in [5.41, 5.74) is 2.19. The highest BCUT2D eigenvalue weighted by Gasteiger charge is 2.26. The SMILES string of the molecule is C[C@@H]1CC[C@@H](N(CCO)Cc2ccc(OCc3ccccn3)cc2)C1. The molecule has 1 N–H and O–H groups in total. The van der Waals surface area contributed by atoms with Crippen molar-refractivity contribution in [3.8, 4) is 5.75 Å². The summed E-state index contributed by atoms with van der Waals surface area (Å²) >= 11 is 0. The van der Waals surface area contributed by atoms with E-state index in [-0.39, 0.29) is 6.61 Å². The van der Waals surface area contributed by atoms with Crippen LogP contribution < -0.4 is 4.74 Å². The summed E-state index contributed by atoms with van der Waals surface area (Å²) in [6.07, 6.45) is 5.56. The number of benzene rings is 1. The molecular formula is C21H28N2O2. The third kappa shape index (κ3) is 5.28. The molecule has 1 aliphatic carbocycles. The monoisotopic (exact) mass is 340 g/mol. The fourth-order valence-corrected chi connectivity index (χ4v) is 3.59. The molecule has 2 aromatic rings. The summed E-state index contributed by atoms with van der Waals surface area (Å²) in [5, 5.41) is 9.40. The Morgan fingerprint density at radius 2 is 2.00 bits per heavy atom. The normalized spacial score (nSPS) is 20.1. The van der Waals surface area contributed by atoms with Crippen molar-refractivity contribution in [2.75, 3.05) is 13.2 Å². The molecule has 1 saturated carbocycles. The minimum absolute atomic E-state index is 0.218. The first-order chi connectivity index (χ1) is 12.2. The van der Waals surface area contributed by atoms with Crippen molar-refractivity contribution in [3.05, 3.63) is 59.9 Å². The summed E-state index contributed by atoms with van der Waals surface area (Å²) in [7, 11) is 0. The van der Waals surface area contributed by atoms with Crippen molar-refractivity contribution in [3.63, 3.8) is 0 Å². The molecule has 4 heteroatoms. The topological polar surface area (TPSA) is 45.6 Å². The van der Waals surface area contributed by atoms with E-state index >= 15 is 0 Å². The van der Waals surface area contributed by atoms with Gasteiger partial charge in [0.05, 0.1) is 12.3 Å². The van der Waals surface area contributed by atoms with Crippen LogP contribution >= 0.6 is 0 Å². The van der Waals surface area contributed by atoms with Gasteiger partial charge in [-0.05, 0) is 55.0 Å². The quantitative estimate of drug-likeness (QED) is 0.797. The van der Waals surface area contributed by atoms with Crippen LogP contribution in [-0.4, -0.2) is 34.2 Å². The van der Waals surface area contributed by atoms with Crippen molar-refractivity contribution >= 4 is 0 Å². The summed E-state index contributed by atoms with van der Waals surface area (Å²) < 4.78 is 5.80. The number of aliphatic hydroxyl groups is 1. The third-order valence-corrected chi connectivity index (χ3v) is 4.99. The van der Waals surface area contributed by atoms with Crippen molar-refractivity contribution in [1.29, 1.82) is 0 Å². The van der Waals surface area contributed by atoms with Crippen molar-refractivity contribution < 1.29 is 9.84 Å². The fourth-order valence-electron chi connectivity index (χ4n) is 3.59. The average molecular weight is 340 g/mol. The molecule has 1 aliphatic rings. The molecule has 3 rings (SSSR count). The molecule has 1 fully saturated rings. The van der Waals surface area contributed by atoms with Crippen LogP contribution in [-0.2, 0) is 13.2 Å². The number of nitrogens with zero attached hydrogens (tertiary/aromatic N) is 2. The van der Waals surface area contributed by atoms with Crippen LogP contribution in [0.5, 0.6) is 5.75 Å². The summed E-state index contributed by atoms with van der Waals surface area (Å²) in [6, 6.07) is 14.7. The van der Waals surface area contributed by atoms with Gasteiger partial charge < -0.3 is 9.84 Å². The minimum Gasteiger partial charge on any atom is -0.487 e. The van der Waals surface area contributed by atoms with Gasteiger partial charge in [-0.15, -0.1) is 0 Å². The van der Waals surface area contributed by atoms with Gasteiger partial charge in [-0.2, -0.15) is 0 Å². The highest BCUT2D eigenvalue weighted by Crippen LogP contribution is 2.29. The standard InChI is InChI=1S/C21H28N2O2/c1-17-5-8-20(14-17)23(12-13-24)15-18-6-9-21(10-7-18)25-16-19-4-2-3-11-22-19/h2-4,6-7,9-11,17,20,24H,5,8,12-16H2,1H3/t17-,20-/m1/s1. The van der Waals surface area contributed by atoms with Gasteiger partial charge in [0.25, 0.3) is 0 Å². The van der Waals surface area contributed by atoms with Crippen molar-refractivity contribution in [1.82, 2.24) is 9.88 Å². The molecule has 1 heterocycles. The van der Waals surface area contributed by atoms with Crippen LogP contribution in [0.3, 0.4) is 0 Å². The van der Waals surface area contributed by atoms with Crippen LogP contribution in [0.15, 0.2) is 48.7 Å². The summed E-state index contributed by atoms with van der Waals surface area (Å²) in [5.74, 6) is 1.66. The molecule has 0 unspecified atom stereocenters. The molecule has 1 aromatic heterocycles. The lowest BCUT2D eigenvalue weighted by atomic mass is 10.1. The second kappa shape index (κ2) is 8.97. The second-order valence-electron chi connectivity index (χ2n) is 7.02. The Bertz CT molecular complexity index is 630. The number of pyridine rings is 1. The van der Waals surface area contributed by atoms with Gasteiger partial charge in [-0.3, -0.25) is 9.88 Å². The zero-order chi connectivity index (χ0) is 17.5. The maximum atomic E-state index is 9.40. The van der Waals surface area contributed by atoms with E-state index in [1.807, 2.05) is 30.3 Å². The largest absolute Gasteiger partial charge is 0.487 e. The Hall–Kier alpha value is -1.91. The number of hydrogen-bond donors (Lipinski definition) is 1. The fraction of sp³-hybridized carbons (Fsp3) is 0.476. The molecule has 25 heavy (non-hydrogen) atoms. The Kier molecular flexibility index (Phi) is 6.42. The van der Waals surface area contributed by atoms with Crippen LogP contribution in [0.2, 0.25) is 0 Å². The predicted octanol–water partition coefficient (Wildman–Crippen LogP) is 3.64. The van der Waals surface area contributed by atoms with E-state index in [1.54, 1.807) is 6.20 Å². The van der Waals surface area contributed by atoms with Crippen molar-refractivity contribution in [2.45, 2.75) is 45.4 Å². The van der Waals surface area contributed by atoms with E-state index in [1.165, 1.54) is 24.8 Å². The first-order valence-corrected chi connectivity index (χ1v) is 9.21. The average Bonchev–Trinajstić information content (AvgIpc) is 3.08.